The SMILES string of the molecule is COc1ccsc1-c1nc(C(=O)O)c(C)o1. The molecule has 0 aliphatic carbocycles. The van der Waals surface area contributed by atoms with Crippen molar-refractivity contribution in [2.75, 3.05) is 7.11 Å². The number of rotatable bonds is 3. The number of aromatic nitrogens is 1. The Balaban J connectivity index is 2.49. The van der Waals surface area contributed by atoms with Crippen molar-refractivity contribution in [3.63, 3.8) is 0 Å². The predicted molar refractivity (Wildman–Crippen MR) is 58.1 cm³/mol. The Morgan fingerprint density at radius 3 is 2.94 bits per heavy atom. The summed E-state index contributed by atoms with van der Waals surface area (Å²) in [6, 6.07) is 1.78. The van der Waals surface area contributed by atoms with Crippen LogP contribution >= 0.6 is 11.3 Å². The normalized spacial score (nSPS) is 10.4. The highest BCUT2D eigenvalue weighted by atomic mass is 32.1. The van der Waals surface area contributed by atoms with Crippen LogP contribution in [0.1, 0.15) is 16.2 Å². The zero-order chi connectivity index (χ0) is 11.7. The number of aromatic carboxylic acids is 1. The van der Waals surface area contributed by atoms with E-state index in [1.54, 1.807) is 20.1 Å². The van der Waals surface area contributed by atoms with Gasteiger partial charge < -0.3 is 14.3 Å². The van der Waals surface area contributed by atoms with Crippen LogP contribution in [-0.4, -0.2) is 23.2 Å². The summed E-state index contributed by atoms with van der Waals surface area (Å²) in [5.41, 5.74) is -0.0644. The Kier molecular flexibility index (Phi) is 2.66. The van der Waals surface area contributed by atoms with E-state index in [0.717, 1.165) is 0 Å². The van der Waals surface area contributed by atoms with Crippen molar-refractivity contribution in [1.29, 1.82) is 0 Å². The smallest absolute Gasteiger partial charge is 0.358 e. The minimum Gasteiger partial charge on any atom is -0.495 e. The van der Waals surface area contributed by atoms with Gasteiger partial charge in [-0.1, -0.05) is 0 Å². The lowest BCUT2D eigenvalue weighted by atomic mass is 10.4. The van der Waals surface area contributed by atoms with Gasteiger partial charge in [0.25, 0.3) is 0 Å². The molecular formula is C10H9NO4S. The number of oxazole rings is 1. The first-order chi connectivity index (χ1) is 7.63. The van der Waals surface area contributed by atoms with E-state index < -0.39 is 5.97 Å². The molecule has 0 aromatic carbocycles. The zero-order valence-corrected chi connectivity index (χ0v) is 9.50. The van der Waals surface area contributed by atoms with Gasteiger partial charge in [0.05, 0.1) is 7.11 Å². The summed E-state index contributed by atoms with van der Waals surface area (Å²) in [5.74, 6) is 0.103. The van der Waals surface area contributed by atoms with E-state index in [0.29, 0.717) is 10.6 Å². The molecule has 2 heterocycles. The molecule has 2 aromatic heterocycles. The summed E-state index contributed by atoms with van der Waals surface area (Å²) < 4.78 is 10.4. The van der Waals surface area contributed by atoms with Gasteiger partial charge in [0.2, 0.25) is 5.89 Å². The Morgan fingerprint density at radius 2 is 2.38 bits per heavy atom. The fraction of sp³-hybridized carbons (Fsp3) is 0.200. The highest BCUT2D eigenvalue weighted by Gasteiger charge is 2.20. The number of thiophene rings is 1. The second-order valence-electron chi connectivity index (χ2n) is 3.05. The minimum atomic E-state index is -1.09. The average molecular weight is 239 g/mol. The number of carboxylic acids is 1. The molecule has 0 unspecified atom stereocenters. The maximum Gasteiger partial charge on any atom is 0.358 e. The van der Waals surface area contributed by atoms with E-state index in [4.69, 9.17) is 14.3 Å². The van der Waals surface area contributed by atoms with E-state index in [9.17, 15) is 4.79 Å². The zero-order valence-electron chi connectivity index (χ0n) is 8.68. The molecule has 0 bridgehead atoms. The van der Waals surface area contributed by atoms with Gasteiger partial charge >= 0.3 is 5.97 Å². The van der Waals surface area contributed by atoms with Gasteiger partial charge in [-0.2, -0.15) is 0 Å². The molecule has 0 saturated heterocycles. The topological polar surface area (TPSA) is 72.6 Å². The van der Waals surface area contributed by atoms with Crippen LogP contribution in [0.25, 0.3) is 10.8 Å². The van der Waals surface area contributed by atoms with Crippen LogP contribution in [0.3, 0.4) is 0 Å². The van der Waals surface area contributed by atoms with Crippen molar-refractivity contribution in [2.45, 2.75) is 6.92 Å². The van der Waals surface area contributed by atoms with E-state index in [-0.39, 0.29) is 17.3 Å². The maximum absolute atomic E-state index is 10.8. The summed E-state index contributed by atoms with van der Waals surface area (Å²) in [6.07, 6.45) is 0. The first kappa shape index (κ1) is 10.7. The van der Waals surface area contributed by atoms with Crippen LogP contribution in [0, 0.1) is 6.92 Å². The lowest BCUT2D eigenvalue weighted by Crippen LogP contribution is -1.98. The van der Waals surface area contributed by atoms with Crippen LogP contribution in [0.15, 0.2) is 15.9 Å². The van der Waals surface area contributed by atoms with E-state index in [1.165, 1.54) is 11.3 Å². The monoisotopic (exact) mass is 239 g/mol. The van der Waals surface area contributed by atoms with E-state index in [2.05, 4.69) is 4.98 Å². The molecule has 0 aliphatic rings. The molecule has 0 radical (unpaired) electrons. The van der Waals surface area contributed by atoms with Gasteiger partial charge in [-0.25, -0.2) is 9.78 Å². The highest BCUT2D eigenvalue weighted by Crippen LogP contribution is 2.35. The molecule has 0 atom stereocenters. The van der Waals surface area contributed by atoms with Crippen molar-refractivity contribution in [3.8, 4) is 16.5 Å². The first-order valence-corrected chi connectivity index (χ1v) is 5.34. The maximum atomic E-state index is 10.8. The number of ether oxygens (including phenoxy) is 1. The molecule has 2 rings (SSSR count). The number of hydrogen-bond acceptors (Lipinski definition) is 5. The molecule has 0 amide bonds. The highest BCUT2D eigenvalue weighted by molar-refractivity contribution is 7.13. The molecule has 0 aliphatic heterocycles. The van der Waals surface area contributed by atoms with Gasteiger partial charge in [-0.15, -0.1) is 11.3 Å². The van der Waals surface area contributed by atoms with Gasteiger partial charge in [-0.3, -0.25) is 0 Å². The Labute approximate surface area is 95.3 Å². The third kappa shape index (κ3) is 1.67. The van der Waals surface area contributed by atoms with E-state index in [1.807, 2.05) is 5.38 Å². The Hall–Kier alpha value is -1.82. The summed E-state index contributed by atoms with van der Waals surface area (Å²) >= 11 is 1.39. The van der Waals surface area contributed by atoms with Gasteiger partial charge in [-0.05, 0) is 18.4 Å². The summed E-state index contributed by atoms with van der Waals surface area (Å²) in [6.45, 7) is 1.57. The van der Waals surface area contributed by atoms with Gasteiger partial charge in [0, 0.05) is 0 Å². The Bertz CT molecular complexity index is 529. The Morgan fingerprint density at radius 1 is 1.62 bits per heavy atom. The molecule has 16 heavy (non-hydrogen) atoms. The molecule has 0 spiro atoms. The van der Waals surface area contributed by atoms with Crippen LogP contribution in [0.2, 0.25) is 0 Å². The fourth-order valence-corrected chi connectivity index (χ4v) is 2.09. The van der Waals surface area contributed by atoms with Crippen LogP contribution in [-0.2, 0) is 0 Å². The number of hydrogen-bond donors (Lipinski definition) is 1. The second kappa shape index (κ2) is 3.97. The molecule has 0 fully saturated rings. The second-order valence-corrected chi connectivity index (χ2v) is 3.96. The molecule has 1 N–H and O–H groups in total. The third-order valence-electron chi connectivity index (χ3n) is 2.04. The quantitative estimate of drug-likeness (QED) is 0.890. The van der Waals surface area contributed by atoms with Crippen molar-refractivity contribution < 1.29 is 19.1 Å². The number of nitrogens with zero attached hydrogens (tertiary/aromatic N) is 1. The summed E-state index contributed by atoms with van der Waals surface area (Å²) in [4.78, 5) is 15.4. The van der Waals surface area contributed by atoms with Crippen molar-refractivity contribution in [1.82, 2.24) is 4.98 Å². The summed E-state index contributed by atoms with van der Waals surface area (Å²) in [7, 11) is 1.54. The molecule has 6 heteroatoms. The lowest BCUT2D eigenvalue weighted by Gasteiger charge is -1.96. The average Bonchev–Trinajstić information content (AvgIpc) is 2.82. The van der Waals surface area contributed by atoms with E-state index >= 15 is 0 Å². The number of aryl methyl sites for hydroxylation is 1. The van der Waals surface area contributed by atoms with Crippen molar-refractivity contribution in [2.24, 2.45) is 0 Å². The van der Waals surface area contributed by atoms with Crippen molar-refractivity contribution >= 4 is 17.3 Å². The molecule has 5 nitrogen and oxygen atoms in total. The third-order valence-corrected chi connectivity index (χ3v) is 2.93. The molecule has 84 valence electrons. The fourth-order valence-electron chi connectivity index (χ4n) is 1.31. The molecular weight excluding hydrogens is 230 g/mol. The van der Waals surface area contributed by atoms with Gasteiger partial charge in [0.1, 0.15) is 16.4 Å². The lowest BCUT2D eigenvalue weighted by molar-refractivity contribution is 0.0689. The molecule has 2 aromatic rings. The largest absolute Gasteiger partial charge is 0.495 e. The predicted octanol–water partition coefficient (Wildman–Crippen LogP) is 2.42. The van der Waals surface area contributed by atoms with Crippen LogP contribution in [0.4, 0.5) is 0 Å². The summed E-state index contributed by atoms with van der Waals surface area (Å²) in [5, 5.41) is 10.7. The minimum absolute atomic E-state index is 0.0644. The van der Waals surface area contributed by atoms with Crippen LogP contribution in [0.5, 0.6) is 5.75 Å². The standard InChI is InChI=1S/C10H9NO4S/c1-5-7(10(12)13)11-9(15-5)8-6(14-2)3-4-16-8/h3-4H,1-2H3,(H,12,13). The van der Waals surface area contributed by atoms with Crippen molar-refractivity contribution in [3.05, 3.63) is 22.9 Å². The number of carboxylic acid groups (broad SMARTS) is 1. The first-order valence-electron chi connectivity index (χ1n) is 4.46. The molecule has 0 saturated carbocycles. The van der Waals surface area contributed by atoms with Gasteiger partial charge in [0.15, 0.2) is 5.69 Å². The number of methoxy groups -OCH3 is 1. The van der Waals surface area contributed by atoms with Crippen LogP contribution < -0.4 is 4.74 Å². The number of carbonyl (C=O) groups is 1.